The molecule has 0 bridgehead atoms. The molecule has 0 aliphatic carbocycles. The van der Waals surface area contributed by atoms with E-state index in [4.69, 9.17) is 9.47 Å². The van der Waals surface area contributed by atoms with Crippen LogP contribution in [-0.4, -0.2) is 76.7 Å². The van der Waals surface area contributed by atoms with Crippen molar-refractivity contribution in [2.45, 2.75) is 26.1 Å². The Labute approximate surface area is 191 Å². The molecule has 1 rings (SSSR count). The molecule has 0 aromatic heterocycles. The Bertz CT molecular complexity index is 865. The third kappa shape index (κ3) is 7.90. The minimum atomic E-state index is -4.53. The summed E-state index contributed by atoms with van der Waals surface area (Å²) in [5.41, 5.74) is -0.318. The van der Waals surface area contributed by atoms with Crippen LogP contribution in [-0.2, 0) is 4.74 Å². The van der Waals surface area contributed by atoms with Gasteiger partial charge in [-0.25, -0.2) is 0 Å². The zero-order valence-corrected chi connectivity index (χ0v) is 19.1. The van der Waals surface area contributed by atoms with Crippen LogP contribution in [0, 0.1) is 0 Å². The molecule has 9 nitrogen and oxygen atoms in total. The van der Waals surface area contributed by atoms with Crippen molar-refractivity contribution in [1.82, 2.24) is 10.2 Å². The first kappa shape index (κ1) is 27.6. The quantitative estimate of drug-likeness (QED) is 0.271. The second-order valence-electron chi connectivity index (χ2n) is 6.59. The first-order chi connectivity index (χ1) is 15.6. The molecule has 0 heterocycles. The van der Waals surface area contributed by atoms with Crippen LogP contribution in [0.5, 0.6) is 5.75 Å². The number of hydrogen-bond acceptors (Lipinski definition) is 8. The van der Waals surface area contributed by atoms with Crippen LogP contribution < -0.4 is 15.2 Å². The highest BCUT2D eigenvalue weighted by atomic mass is 19.4. The molecule has 0 spiro atoms. The highest BCUT2D eigenvalue weighted by Crippen LogP contribution is 2.28. The maximum absolute atomic E-state index is 13.2. The van der Waals surface area contributed by atoms with Crippen molar-refractivity contribution in [3.8, 4) is 5.75 Å². The number of nitrogens with zero attached hydrogens (tertiary/aromatic N) is 5. The standard InChI is InChI=1S/C21H29F3N6O3/c1-7-29(15(2)13-33-14-28-12-16(11-25-3)21(22,23)24)20(31)18-9-8-17(32-6)10-19(18)30(26-4)27-5/h8-12,15,25H,4-5,7,13-14H2,1-3,6H3/b16-11+,28-12-/t15-/m0/s1. The number of methoxy groups -OCH3 is 1. The fraction of sp³-hybridized carbons (Fsp3) is 0.429. The maximum atomic E-state index is 13.2. The smallest absolute Gasteiger partial charge is 0.419 e. The zero-order valence-electron chi connectivity index (χ0n) is 19.1. The number of halogens is 3. The number of allylic oxidation sites excluding steroid dienone is 1. The molecule has 0 unspecified atom stereocenters. The summed E-state index contributed by atoms with van der Waals surface area (Å²) in [6.07, 6.45) is -3.04. The summed E-state index contributed by atoms with van der Waals surface area (Å²) in [4.78, 5) is 18.4. The summed E-state index contributed by atoms with van der Waals surface area (Å²) in [7, 11) is 2.85. The molecule has 33 heavy (non-hydrogen) atoms. The predicted molar refractivity (Wildman–Crippen MR) is 123 cm³/mol. The zero-order chi connectivity index (χ0) is 25.0. The number of benzene rings is 1. The number of anilines is 1. The second kappa shape index (κ2) is 13.2. The fourth-order valence-electron chi connectivity index (χ4n) is 2.84. The van der Waals surface area contributed by atoms with Crippen molar-refractivity contribution < 1.29 is 27.4 Å². The number of aliphatic imine (C=N–C) groups is 1. The molecule has 0 aliphatic rings. The summed E-state index contributed by atoms with van der Waals surface area (Å²) >= 11 is 0. The van der Waals surface area contributed by atoms with Crippen LogP contribution in [0.1, 0.15) is 24.2 Å². The number of hydrogen-bond donors (Lipinski definition) is 1. The number of hydrazone groups is 2. The van der Waals surface area contributed by atoms with Gasteiger partial charge in [0.25, 0.3) is 5.91 Å². The Kier molecular flexibility index (Phi) is 11.1. The van der Waals surface area contributed by atoms with Crippen molar-refractivity contribution in [1.29, 1.82) is 0 Å². The summed E-state index contributed by atoms with van der Waals surface area (Å²) in [6, 6.07) is 4.39. The van der Waals surface area contributed by atoms with Crippen LogP contribution >= 0.6 is 0 Å². The summed E-state index contributed by atoms with van der Waals surface area (Å²) in [5, 5.41) is 10.9. The van der Waals surface area contributed by atoms with Crippen molar-refractivity contribution in [2.75, 3.05) is 39.2 Å². The number of ether oxygens (including phenoxy) is 2. The molecular formula is C21H29F3N6O3. The minimum absolute atomic E-state index is 0.0582. The second-order valence-corrected chi connectivity index (χ2v) is 6.59. The van der Waals surface area contributed by atoms with E-state index in [0.29, 0.717) is 24.2 Å². The number of rotatable bonds is 13. The van der Waals surface area contributed by atoms with Gasteiger partial charge in [0.05, 0.1) is 30.9 Å². The average molecular weight is 470 g/mol. The predicted octanol–water partition coefficient (Wildman–Crippen LogP) is 3.29. The highest BCUT2D eigenvalue weighted by Gasteiger charge is 2.32. The Balaban J connectivity index is 2.92. The van der Waals surface area contributed by atoms with Crippen LogP contribution in [0.15, 0.2) is 45.2 Å². The number of carbonyl (C=O) groups excluding carboxylic acids is 1. The van der Waals surface area contributed by atoms with Crippen LogP contribution in [0.25, 0.3) is 0 Å². The van der Waals surface area contributed by atoms with Crippen LogP contribution in [0.3, 0.4) is 0 Å². The SMILES string of the molecule is C=NN(N=C)c1cc(OC)ccc1C(=O)N(CC)[C@@H](C)COC/N=C\C(=C/NC)C(F)(F)F. The lowest BCUT2D eigenvalue weighted by Gasteiger charge is -2.29. The first-order valence-corrected chi connectivity index (χ1v) is 9.89. The van der Waals surface area contributed by atoms with Crippen molar-refractivity contribution in [2.24, 2.45) is 15.2 Å². The molecule has 0 saturated heterocycles. The number of amides is 1. The van der Waals surface area contributed by atoms with E-state index in [2.05, 4.69) is 33.9 Å². The van der Waals surface area contributed by atoms with Crippen LogP contribution in [0.4, 0.5) is 18.9 Å². The molecule has 0 saturated carbocycles. The largest absolute Gasteiger partial charge is 0.497 e. The lowest BCUT2D eigenvalue weighted by Crippen LogP contribution is -2.41. The number of nitrogens with one attached hydrogen (secondary N) is 1. The summed E-state index contributed by atoms with van der Waals surface area (Å²) in [5.74, 6) is 0.157. The van der Waals surface area contributed by atoms with Gasteiger partial charge in [-0.05, 0) is 26.0 Å². The fourth-order valence-corrected chi connectivity index (χ4v) is 2.84. The van der Waals surface area contributed by atoms with Gasteiger partial charge >= 0.3 is 6.18 Å². The Hall–Kier alpha value is -3.41. The molecule has 0 aliphatic heterocycles. The van der Waals surface area contributed by atoms with Gasteiger partial charge in [-0.15, -0.1) is 0 Å². The molecule has 182 valence electrons. The number of alkyl halides is 3. The number of carbonyl (C=O) groups is 1. The molecule has 0 fully saturated rings. The average Bonchev–Trinajstić information content (AvgIpc) is 2.78. The van der Waals surface area contributed by atoms with E-state index in [1.54, 1.807) is 36.9 Å². The van der Waals surface area contributed by atoms with Crippen molar-refractivity contribution in [3.63, 3.8) is 0 Å². The topological polar surface area (TPSA) is 91.1 Å². The van der Waals surface area contributed by atoms with E-state index in [1.807, 2.05) is 0 Å². The van der Waals surface area contributed by atoms with E-state index in [1.165, 1.54) is 14.2 Å². The lowest BCUT2D eigenvalue weighted by atomic mass is 10.1. The van der Waals surface area contributed by atoms with Gasteiger partial charge in [0.1, 0.15) is 18.2 Å². The van der Waals surface area contributed by atoms with Gasteiger partial charge in [-0.1, -0.05) is 0 Å². The van der Waals surface area contributed by atoms with Gasteiger partial charge < -0.3 is 19.7 Å². The maximum Gasteiger partial charge on any atom is 0.419 e. The van der Waals surface area contributed by atoms with E-state index in [0.717, 1.165) is 11.3 Å². The Morgan fingerprint density at radius 2 is 1.97 bits per heavy atom. The van der Waals surface area contributed by atoms with E-state index < -0.39 is 17.8 Å². The van der Waals surface area contributed by atoms with E-state index in [-0.39, 0.29) is 24.8 Å². The van der Waals surface area contributed by atoms with Gasteiger partial charge in [0.2, 0.25) is 0 Å². The highest BCUT2D eigenvalue weighted by molar-refractivity contribution is 6.00. The van der Waals surface area contributed by atoms with Crippen molar-refractivity contribution in [3.05, 3.63) is 35.5 Å². The molecule has 12 heteroatoms. The third-order valence-electron chi connectivity index (χ3n) is 4.43. The third-order valence-corrected chi connectivity index (χ3v) is 4.43. The number of likely N-dealkylation sites (N-methyl/N-ethyl adjacent to an activating group) is 1. The Morgan fingerprint density at radius 1 is 1.30 bits per heavy atom. The summed E-state index contributed by atoms with van der Waals surface area (Å²) < 4.78 is 49.0. The molecule has 1 atom stereocenters. The van der Waals surface area contributed by atoms with E-state index >= 15 is 0 Å². The van der Waals surface area contributed by atoms with Gasteiger partial charge in [0.15, 0.2) is 0 Å². The normalized spacial score (nSPS) is 12.9. The van der Waals surface area contributed by atoms with Gasteiger partial charge in [0, 0.05) is 45.5 Å². The first-order valence-electron chi connectivity index (χ1n) is 9.89. The Morgan fingerprint density at radius 3 is 2.48 bits per heavy atom. The molecule has 1 amide bonds. The molecule has 1 aromatic carbocycles. The lowest BCUT2D eigenvalue weighted by molar-refractivity contribution is -0.0859. The molecule has 1 N–H and O–H groups in total. The minimum Gasteiger partial charge on any atom is -0.497 e. The molecule has 1 aromatic rings. The van der Waals surface area contributed by atoms with Crippen LogP contribution in [0.2, 0.25) is 0 Å². The summed E-state index contributed by atoms with van der Waals surface area (Å²) in [6.45, 7) is 10.5. The van der Waals surface area contributed by atoms with Crippen molar-refractivity contribution >= 4 is 31.2 Å². The molecular weight excluding hydrogens is 441 g/mol. The van der Waals surface area contributed by atoms with Gasteiger partial charge in [-0.2, -0.15) is 28.5 Å². The van der Waals surface area contributed by atoms with E-state index in [9.17, 15) is 18.0 Å². The molecule has 0 radical (unpaired) electrons. The van der Waals surface area contributed by atoms with Gasteiger partial charge in [-0.3, -0.25) is 9.79 Å². The monoisotopic (exact) mass is 470 g/mol.